The van der Waals surface area contributed by atoms with Crippen LogP contribution in [0.2, 0.25) is 0 Å². The molecule has 0 bridgehead atoms. The Balaban J connectivity index is 1.76. The highest BCUT2D eigenvalue weighted by atomic mass is 19.1. The van der Waals surface area contributed by atoms with Crippen molar-refractivity contribution in [2.45, 2.75) is 6.61 Å². The van der Waals surface area contributed by atoms with Gasteiger partial charge in [0.25, 0.3) is 0 Å². The number of hydrogen-bond donors (Lipinski definition) is 2. The third kappa shape index (κ3) is 5.32. The maximum Gasteiger partial charge on any atom is 0.247 e. The SMILES string of the molecule is C=CC(=O)Nc1cccc(F)c1Nc1ncc(OCc2c(F)c(OC)cc(OC)c2F)cn1. The Kier molecular flexibility index (Phi) is 7.34. The fourth-order valence-electron chi connectivity index (χ4n) is 2.73. The summed E-state index contributed by atoms with van der Waals surface area (Å²) in [6, 6.07) is 5.18. The predicted octanol–water partition coefficient (Wildman–Crippen LogP) is 4.36. The second-order valence-corrected chi connectivity index (χ2v) is 6.40. The van der Waals surface area contributed by atoms with Crippen LogP contribution in [0.1, 0.15) is 5.56 Å². The van der Waals surface area contributed by atoms with E-state index in [1.807, 2.05) is 0 Å². The zero-order valence-corrected chi connectivity index (χ0v) is 17.6. The van der Waals surface area contributed by atoms with Gasteiger partial charge in [-0.05, 0) is 18.2 Å². The van der Waals surface area contributed by atoms with Crippen molar-refractivity contribution < 1.29 is 32.2 Å². The Bertz CT molecular complexity index is 1150. The minimum Gasteiger partial charge on any atom is -0.494 e. The van der Waals surface area contributed by atoms with Crippen molar-refractivity contribution in [3.8, 4) is 17.2 Å². The lowest BCUT2D eigenvalue weighted by Crippen LogP contribution is -2.11. The van der Waals surface area contributed by atoms with E-state index in [2.05, 4.69) is 27.2 Å². The van der Waals surface area contributed by atoms with Crippen LogP contribution in [0.5, 0.6) is 17.2 Å². The van der Waals surface area contributed by atoms with Crippen molar-refractivity contribution >= 4 is 23.2 Å². The van der Waals surface area contributed by atoms with Crippen LogP contribution in [0.4, 0.5) is 30.5 Å². The summed E-state index contributed by atoms with van der Waals surface area (Å²) in [4.78, 5) is 19.6. The van der Waals surface area contributed by atoms with Crippen LogP contribution in [0, 0.1) is 17.5 Å². The first-order valence-corrected chi connectivity index (χ1v) is 9.40. The Morgan fingerprint density at radius 3 is 2.30 bits per heavy atom. The topological polar surface area (TPSA) is 94.6 Å². The maximum absolute atomic E-state index is 14.4. The molecule has 33 heavy (non-hydrogen) atoms. The van der Waals surface area contributed by atoms with Gasteiger partial charge in [-0.1, -0.05) is 12.6 Å². The van der Waals surface area contributed by atoms with Crippen LogP contribution in [0.3, 0.4) is 0 Å². The number of amides is 1. The summed E-state index contributed by atoms with van der Waals surface area (Å²) in [5, 5.41) is 5.13. The van der Waals surface area contributed by atoms with Gasteiger partial charge in [0.05, 0.1) is 37.9 Å². The molecule has 8 nitrogen and oxygen atoms in total. The molecule has 172 valence electrons. The molecule has 1 amide bonds. The number of nitrogens with one attached hydrogen (secondary N) is 2. The average Bonchev–Trinajstić information content (AvgIpc) is 2.82. The highest BCUT2D eigenvalue weighted by Gasteiger charge is 2.20. The summed E-state index contributed by atoms with van der Waals surface area (Å²) in [6.07, 6.45) is 3.50. The Morgan fingerprint density at radius 2 is 1.73 bits per heavy atom. The molecule has 0 fully saturated rings. The first kappa shape index (κ1) is 23.4. The van der Waals surface area contributed by atoms with Gasteiger partial charge < -0.3 is 24.8 Å². The molecule has 0 aliphatic heterocycles. The summed E-state index contributed by atoms with van der Waals surface area (Å²) in [5.74, 6) is -3.36. The first-order chi connectivity index (χ1) is 15.9. The highest BCUT2D eigenvalue weighted by Crippen LogP contribution is 2.32. The lowest BCUT2D eigenvalue weighted by Gasteiger charge is -2.14. The van der Waals surface area contributed by atoms with Gasteiger partial charge in [0, 0.05) is 6.07 Å². The average molecular weight is 460 g/mol. The maximum atomic E-state index is 14.4. The molecule has 0 radical (unpaired) electrons. The number of hydrogen-bond acceptors (Lipinski definition) is 7. The van der Waals surface area contributed by atoms with E-state index in [-0.39, 0.29) is 34.6 Å². The number of rotatable bonds is 9. The molecule has 0 saturated carbocycles. The second-order valence-electron chi connectivity index (χ2n) is 6.40. The molecule has 3 rings (SSSR count). The van der Waals surface area contributed by atoms with E-state index in [0.29, 0.717) is 0 Å². The number of aromatic nitrogens is 2. The van der Waals surface area contributed by atoms with E-state index in [9.17, 15) is 18.0 Å². The van der Waals surface area contributed by atoms with Gasteiger partial charge >= 0.3 is 0 Å². The van der Waals surface area contributed by atoms with Crippen LogP contribution < -0.4 is 24.8 Å². The van der Waals surface area contributed by atoms with Gasteiger partial charge in [0.15, 0.2) is 28.9 Å². The number of carbonyl (C=O) groups is 1. The number of benzene rings is 2. The van der Waals surface area contributed by atoms with E-state index in [1.165, 1.54) is 44.8 Å². The second kappa shape index (κ2) is 10.4. The van der Waals surface area contributed by atoms with Crippen molar-refractivity contribution in [3.63, 3.8) is 0 Å². The number of halogens is 3. The molecule has 2 aromatic carbocycles. The van der Waals surface area contributed by atoms with E-state index < -0.39 is 35.5 Å². The molecule has 0 atom stereocenters. The molecule has 0 aliphatic carbocycles. The zero-order valence-electron chi connectivity index (χ0n) is 17.6. The fraction of sp³-hybridized carbons (Fsp3) is 0.136. The molecule has 11 heteroatoms. The summed E-state index contributed by atoms with van der Waals surface area (Å²) >= 11 is 0. The Hall–Kier alpha value is -4.28. The molecular weight excluding hydrogens is 441 g/mol. The van der Waals surface area contributed by atoms with Gasteiger partial charge in [-0.15, -0.1) is 0 Å². The molecule has 0 aliphatic rings. The van der Waals surface area contributed by atoms with Gasteiger partial charge in [0.2, 0.25) is 11.9 Å². The van der Waals surface area contributed by atoms with Crippen LogP contribution in [0.15, 0.2) is 49.3 Å². The van der Waals surface area contributed by atoms with Crippen LogP contribution in [-0.2, 0) is 11.4 Å². The smallest absolute Gasteiger partial charge is 0.247 e. The van der Waals surface area contributed by atoms with Crippen molar-refractivity contribution in [3.05, 3.63) is 72.3 Å². The van der Waals surface area contributed by atoms with Crippen LogP contribution in [0.25, 0.3) is 0 Å². The van der Waals surface area contributed by atoms with E-state index in [1.54, 1.807) is 0 Å². The molecule has 2 N–H and O–H groups in total. The Morgan fingerprint density at radius 1 is 1.09 bits per heavy atom. The van der Waals surface area contributed by atoms with Crippen molar-refractivity contribution in [2.75, 3.05) is 24.9 Å². The summed E-state index contributed by atoms with van der Waals surface area (Å²) in [7, 11) is 2.48. The normalized spacial score (nSPS) is 10.3. The number of para-hydroxylation sites is 1. The minimum atomic E-state index is -0.927. The summed E-state index contributed by atoms with van der Waals surface area (Å²) in [5.41, 5.74) is -0.307. The van der Waals surface area contributed by atoms with E-state index >= 15 is 0 Å². The number of nitrogens with zero attached hydrogens (tertiary/aromatic N) is 2. The summed E-state index contributed by atoms with van der Waals surface area (Å²) < 4.78 is 58.3. The van der Waals surface area contributed by atoms with Gasteiger partial charge in [-0.2, -0.15) is 0 Å². The third-order valence-corrected chi connectivity index (χ3v) is 4.37. The zero-order chi connectivity index (χ0) is 24.0. The highest BCUT2D eigenvalue weighted by molar-refractivity contribution is 6.01. The quantitative estimate of drug-likeness (QED) is 0.458. The van der Waals surface area contributed by atoms with Gasteiger partial charge in [0.1, 0.15) is 18.1 Å². The standard InChI is InChI=1S/C22H19F3N4O4/c1-4-18(30)28-15-7-5-6-14(23)21(15)29-22-26-9-12(10-27-22)33-11-13-19(24)16(31-2)8-17(32-3)20(13)25/h4-10H,1,11H2,2-3H3,(H,28,30)(H,26,27,29). The third-order valence-electron chi connectivity index (χ3n) is 4.37. The number of carbonyl (C=O) groups excluding carboxylic acids is 1. The molecule has 0 saturated heterocycles. The molecule has 3 aromatic rings. The van der Waals surface area contributed by atoms with Crippen LogP contribution in [-0.4, -0.2) is 30.1 Å². The van der Waals surface area contributed by atoms with Gasteiger partial charge in [-0.25, -0.2) is 23.1 Å². The van der Waals surface area contributed by atoms with Gasteiger partial charge in [-0.3, -0.25) is 4.79 Å². The molecule has 1 aromatic heterocycles. The molecule has 0 spiro atoms. The largest absolute Gasteiger partial charge is 0.494 e. The van der Waals surface area contributed by atoms with E-state index in [0.717, 1.165) is 12.1 Å². The number of ether oxygens (including phenoxy) is 3. The van der Waals surface area contributed by atoms with Crippen LogP contribution >= 0.6 is 0 Å². The fourth-order valence-corrected chi connectivity index (χ4v) is 2.73. The van der Waals surface area contributed by atoms with Crippen molar-refractivity contribution in [1.82, 2.24) is 9.97 Å². The number of anilines is 3. The summed E-state index contributed by atoms with van der Waals surface area (Å²) in [6.45, 7) is 2.85. The van der Waals surface area contributed by atoms with E-state index in [4.69, 9.17) is 14.2 Å². The monoisotopic (exact) mass is 460 g/mol. The molecule has 1 heterocycles. The first-order valence-electron chi connectivity index (χ1n) is 9.40. The predicted molar refractivity (Wildman–Crippen MR) is 114 cm³/mol. The lowest BCUT2D eigenvalue weighted by molar-refractivity contribution is -0.111. The molecule has 0 unspecified atom stereocenters. The van der Waals surface area contributed by atoms with Crippen molar-refractivity contribution in [2.24, 2.45) is 0 Å². The Labute approximate surface area is 187 Å². The minimum absolute atomic E-state index is 0.0121. The lowest BCUT2D eigenvalue weighted by atomic mass is 10.1. The number of methoxy groups -OCH3 is 2. The molecular formula is C22H19F3N4O4. The van der Waals surface area contributed by atoms with Crippen molar-refractivity contribution in [1.29, 1.82) is 0 Å².